The second-order valence-corrected chi connectivity index (χ2v) is 5.31. The van der Waals surface area contributed by atoms with E-state index in [1.54, 1.807) is 18.2 Å². The normalized spacial score (nSPS) is 12.8. The number of benzene rings is 1. The fourth-order valence-electron chi connectivity index (χ4n) is 1.79. The van der Waals surface area contributed by atoms with E-state index >= 15 is 0 Å². The van der Waals surface area contributed by atoms with Crippen LogP contribution in [-0.4, -0.2) is 12.3 Å². The van der Waals surface area contributed by atoms with Crippen LogP contribution in [0.2, 0.25) is 10.0 Å². The van der Waals surface area contributed by atoms with Crippen LogP contribution in [0.3, 0.4) is 0 Å². The van der Waals surface area contributed by atoms with E-state index in [9.17, 15) is 4.79 Å². The molecule has 1 aromatic rings. The van der Waals surface area contributed by atoms with E-state index in [0.717, 1.165) is 6.42 Å². The molecule has 0 fully saturated rings. The maximum atomic E-state index is 12.3. The van der Waals surface area contributed by atoms with Gasteiger partial charge in [0.2, 0.25) is 0 Å². The molecule has 1 atom stereocenters. The number of carbonyl (C=O) groups excluding carboxylic acids is 1. The molecule has 1 aromatic carbocycles. The monoisotopic (exact) mass is 273 g/mol. The van der Waals surface area contributed by atoms with Crippen molar-refractivity contribution in [1.29, 1.82) is 0 Å². The van der Waals surface area contributed by atoms with E-state index in [1.807, 2.05) is 0 Å². The number of hydrogen-bond acceptors (Lipinski definition) is 2. The first-order valence-corrected chi connectivity index (χ1v) is 6.41. The van der Waals surface area contributed by atoms with Gasteiger partial charge in [0.25, 0.3) is 0 Å². The summed E-state index contributed by atoms with van der Waals surface area (Å²) in [4.78, 5) is 12.3. The zero-order valence-electron chi connectivity index (χ0n) is 10.0. The van der Waals surface area contributed by atoms with Crippen LogP contribution in [0, 0.1) is 11.8 Å². The zero-order chi connectivity index (χ0) is 13.0. The molecule has 0 heterocycles. The molecule has 0 aliphatic heterocycles. The van der Waals surface area contributed by atoms with Crippen molar-refractivity contribution in [2.24, 2.45) is 17.6 Å². The molecular formula is C13H17Cl2NO. The molecule has 0 amide bonds. The highest BCUT2D eigenvalue weighted by molar-refractivity contribution is 6.43. The van der Waals surface area contributed by atoms with Crippen molar-refractivity contribution in [2.75, 3.05) is 6.54 Å². The number of Topliss-reactive ketones (excluding diaryl/α,β-unsaturated/α-hetero) is 1. The third-order valence-electron chi connectivity index (χ3n) is 2.63. The predicted octanol–water partition coefficient (Wildman–Crippen LogP) is 3.80. The summed E-state index contributed by atoms with van der Waals surface area (Å²) < 4.78 is 0. The number of rotatable bonds is 5. The van der Waals surface area contributed by atoms with Gasteiger partial charge >= 0.3 is 0 Å². The van der Waals surface area contributed by atoms with Gasteiger partial charge in [0, 0.05) is 18.0 Å². The average molecular weight is 274 g/mol. The molecule has 0 aliphatic rings. The third kappa shape index (κ3) is 3.70. The molecule has 17 heavy (non-hydrogen) atoms. The topological polar surface area (TPSA) is 43.1 Å². The summed E-state index contributed by atoms with van der Waals surface area (Å²) in [6.45, 7) is 4.46. The van der Waals surface area contributed by atoms with Gasteiger partial charge in [0.1, 0.15) is 0 Å². The number of nitrogens with two attached hydrogens (primary N) is 1. The van der Waals surface area contributed by atoms with Gasteiger partial charge < -0.3 is 5.73 Å². The number of carbonyl (C=O) groups is 1. The molecule has 0 saturated heterocycles. The van der Waals surface area contributed by atoms with Gasteiger partial charge in [-0.05, 0) is 24.5 Å². The molecule has 0 saturated carbocycles. The molecule has 94 valence electrons. The molecule has 0 spiro atoms. The highest BCUT2D eigenvalue weighted by Gasteiger charge is 2.22. The van der Waals surface area contributed by atoms with Gasteiger partial charge in [0.15, 0.2) is 5.78 Å². The zero-order valence-corrected chi connectivity index (χ0v) is 11.6. The third-order valence-corrected chi connectivity index (χ3v) is 3.45. The van der Waals surface area contributed by atoms with E-state index in [1.165, 1.54) is 0 Å². The molecule has 2 N–H and O–H groups in total. The highest BCUT2D eigenvalue weighted by atomic mass is 35.5. The van der Waals surface area contributed by atoms with E-state index < -0.39 is 0 Å². The SMILES string of the molecule is CC(C)CC(CN)C(=O)c1cccc(Cl)c1Cl. The van der Waals surface area contributed by atoms with E-state index in [0.29, 0.717) is 28.1 Å². The minimum absolute atomic E-state index is 0.0197. The van der Waals surface area contributed by atoms with Gasteiger partial charge in [-0.15, -0.1) is 0 Å². The first-order valence-electron chi connectivity index (χ1n) is 5.65. The van der Waals surface area contributed by atoms with Crippen LogP contribution in [0.25, 0.3) is 0 Å². The van der Waals surface area contributed by atoms with Gasteiger partial charge in [-0.3, -0.25) is 4.79 Å². The summed E-state index contributed by atoms with van der Waals surface area (Å²) in [5.41, 5.74) is 6.12. The van der Waals surface area contributed by atoms with Crippen molar-refractivity contribution in [3.05, 3.63) is 33.8 Å². The van der Waals surface area contributed by atoms with Crippen molar-refractivity contribution in [2.45, 2.75) is 20.3 Å². The Morgan fingerprint density at radius 3 is 2.53 bits per heavy atom. The molecule has 2 nitrogen and oxygen atoms in total. The van der Waals surface area contributed by atoms with Crippen molar-refractivity contribution >= 4 is 29.0 Å². The molecule has 0 bridgehead atoms. The molecule has 1 rings (SSSR count). The summed E-state index contributed by atoms with van der Waals surface area (Å²) in [6.07, 6.45) is 0.762. The van der Waals surface area contributed by atoms with E-state index in [2.05, 4.69) is 13.8 Å². The lowest BCUT2D eigenvalue weighted by Gasteiger charge is -2.16. The van der Waals surface area contributed by atoms with Crippen LogP contribution in [0.1, 0.15) is 30.6 Å². The molecule has 1 unspecified atom stereocenters. The first-order chi connectivity index (χ1) is 7.97. The fraction of sp³-hybridized carbons (Fsp3) is 0.462. The molecule has 0 aliphatic carbocycles. The van der Waals surface area contributed by atoms with Crippen molar-refractivity contribution in [3.8, 4) is 0 Å². The average Bonchev–Trinajstić information content (AvgIpc) is 2.28. The second-order valence-electron chi connectivity index (χ2n) is 4.53. The number of ketones is 1. The maximum Gasteiger partial charge on any atom is 0.168 e. The Morgan fingerprint density at radius 1 is 1.35 bits per heavy atom. The fourth-order valence-corrected chi connectivity index (χ4v) is 2.19. The van der Waals surface area contributed by atoms with Crippen LogP contribution in [-0.2, 0) is 0 Å². The van der Waals surface area contributed by atoms with E-state index in [4.69, 9.17) is 28.9 Å². The smallest absolute Gasteiger partial charge is 0.168 e. The Hall–Kier alpha value is -0.570. The van der Waals surface area contributed by atoms with Crippen LogP contribution in [0.15, 0.2) is 18.2 Å². The summed E-state index contributed by atoms with van der Waals surface area (Å²) in [5, 5.41) is 0.721. The lowest BCUT2D eigenvalue weighted by Crippen LogP contribution is -2.25. The Morgan fingerprint density at radius 2 is 2.00 bits per heavy atom. The van der Waals surface area contributed by atoms with Crippen LogP contribution < -0.4 is 5.73 Å². The molecule has 0 radical (unpaired) electrons. The summed E-state index contributed by atoms with van der Waals surface area (Å²) in [5.74, 6) is 0.213. The van der Waals surface area contributed by atoms with Crippen molar-refractivity contribution in [1.82, 2.24) is 0 Å². The lowest BCUT2D eigenvalue weighted by atomic mass is 9.90. The highest BCUT2D eigenvalue weighted by Crippen LogP contribution is 2.28. The second kappa shape index (κ2) is 6.39. The van der Waals surface area contributed by atoms with E-state index in [-0.39, 0.29) is 11.7 Å². The molecule has 4 heteroatoms. The molecule has 0 aromatic heterocycles. The minimum Gasteiger partial charge on any atom is -0.330 e. The van der Waals surface area contributed by atoms with Crippen LogP contribution >= 0.6 is 23.2 Å². The molecular weight excluding hydrogens is 257 g/mol. The van der Waals surface area contributed by atoms with Gasteiger partial charge in [-0.2, -0.15) is 0 Å². The van der Waals surface area contributed by atoms with Crippen molar-refractivity contribution in [3.63, 3.8) is 0 Å². The number of hydrogen-bond donors (Lipinski definition) is 1. The quantitative estimate of drug-likeness (QED) is 0.830. The number of halogens is 2. The Labute approximate surface area is 112 Å². The Kier molecular flexibility index (Phi) is 5.44. The Bertz CT molecular complexity index is 404. The van der Waals surface area contributed by atoms with Gasteiger partial charge in [0.05, 0.1) is 10.0 Å². The van der Waals surface area contributed by atoms with Gasteiger partial charge in [-0.25, -0.2) is 0 Å². The largest absolute Gasteiger partial charge is 0.330 e. The summed E-state index contributed by atoms with van der Waals surface area (Å²) >= 11 is 11.9. The minimum atomic E-state index is -0.189. The van der Waals surface area contributed by atoms with Gasteiger partial charge in [-0.1, -0.05) is 43.1 Å². The predicted molar refractivity (Wildman–Crippen MR) is 72.8 cm³/mol. The van der Waals surface area contributed by atoms with Crippen molar-refractivity contribution < 1.29 is 4.79 Å². The van der Waals surface area contributed by atoms with Crippen LogP contribution in [0.4, 0.5) is 0 Å². The Balaban J connectivity index is 2.98. The maximum absolute atomic E-state index is 12.3. The first kappa shape index (κ1) is 14.5. The van der Waals surface area contributed by atoms with Crippen LogP contribution in [0.5, 0.6) is 0 Å². The lowest BCUT2D eigenvalue weighted by molar-refractivity contribution is 0.0909. The standard InChI is InChI=1S/C13H17Cl2NO/c1-8(2)6-9(7-16)13(17)10-4-3-5-11(14)12(10)15/h3-5,8-9H,6-7,16H2,1-2H3. The summed E-state index contributed by atoms with van der Waals surface area (Å²) in [6, 6.07) is 5.09. The summed E-state index contributed by atoms with van der Waals surface area (Å²) in [7, 11) is 0.